The van der Waals surface area contributed by atoms with E-state index in [-0.39, 0.29) is 0 Å². The maximum Gasteiger partial charge on any atom is 0.335 e. The Morgan fingerprint density at radius 1 is 1.06 bits per heavy atom. The Morgan fingerprint density at radius 3 is 1.94 bits per heavy atom. The molecule has 18 heavy (non-hydrogen) atoms. The summed E-state index contributed by atoms with van der Waals surface area (Å²) in [6, 6.07) is 7.91. The van der Waals surface area contributed by atoms with Crippen LogP contribution >= 0.6 is 7.60 Å². The lowest BCUT2D eigenvalue weighted by Gasteiger charge is -2.18. The van der Waals surface area contributed by atoms with Crippen molar-refractivity contribution in [2.45, 2.75) is 20.0 Å². The van der Waals surface area contributed by atoms with Crippen LogP contribution in [0.5, 0.6) is 0 Å². The number of anilines is 1. The minimum Gasteiger partial charge on any atom is -0.378 e. The maximum absolute atomic E-state index is 12.3. The number of nitrogens with zero attached hydrogens (tertiary/aromatic N) is 1. The molecule has 0 unspecified atom stereocenters. The molecule has 0 radical (unpaired) electrons. The monoisotopic (exact) mass is 271 g/mol. The highest BCUT2D eigenvalue weighted by atomic mass is 31.2. The Labute approximate surface area is 109 Å². The molecule has 0 aliphatic carbocycles. The largest absolute Gasteiger partial charge is 0.378 e. The molecule has 0 saturated carbocycles. The van der Waals surface area contributed by atoms with Crippen molar-refractivity contribution in [2.24, 2.45) is 0 Å². The van der Waals surface area contributed by atoms with Crippen molar-refractivity contribution in [1.82, 2.24) is 0 Å². The highest BCUT2D eigenvalue weighted by Gasteiger charge is 2.23. The molecule has 0 atom stereocenters. The number of hydrogen-bond acceptors (Lipinski definition) is 4. The predicted molar refractivity (Wildman–Crippen MR) is 75.3 cm³/mol. The van der Waals surface area contributed by atoms with Crippen LogP contribution < -0.4 is 4.90 Å². The molecule has 0 spiro atoms. The minimum atomic E-state index is -2.99. The molecule has 4 nitrogen and oxygen atoms in total. The van der Waals surface area contributed by atoms with Gasteiger partial charge in [-0.1, -0.05) is 12.1 Å². The fraction of sp³-hybridized carbons (Fsp3) is 0.538. The molecular weight excluding hydrogens is 249 g/mol. The average molecular weight is 271 g/mol. The van der Waals surface area contributed by atoms with Crippen LogP contribution in [0.15, 0.2) is 24.3 Å². The summed E-state index contributed by atoms with van der Waals surface area (Å²) in [5.41, 5.74) is 2.08. The summed E-state index contributed by atoms with van der Waals surface area (Å²) >= 11 is 0. The van der Waals surface area contributed by atoms with Crippen LogP contribution in [0.3, 0.4) is 0 Å². The Kier molecular flexibility index (Phi) is 5.86. The topological polar surface area (TPSA) is 38.8 Å². The Morgan fingerprint density at radius 2 is 1.56 bits per heavy atom. The molecule has 0 aliphatic heterocycles. The Hall–Kier alpha value is -0.830. The van der Waals surface area contributed by atoms with Gasteiger partial charge in [0.25, 0.3) is 0 Å². The first-order valence-electron chi connectivity index (χ1n) is 6.15. The van der Waals surface area contributed by atoms with Gasteiger partial charge in [-0.3, -0.25) is 4.57 Å². The van der Waals surface area contributed by atoms with Gasteiger partial charge in [0, 0.05) is 19.8 Å². The highest BCUT2D eigenvalue weighted by Crippen LogP contribution is 2.51. The van der Waals surface area contributed by atoms with Gasteiger partial charge >= 0.3 is 7.60 Å². The van der Waals surface area contributed by atoms with E-state index in [0.717, 1.165) is 11.3 Å². The van der Waals surface area contributed by atoms with Crippen molar-refractivity contribution in [1.29, 1.82) is 0 Å². The standard InChI is InChI=1S/C13H22NO3P/c1-5-16-18(15,17-6-2)11-12-7-9-13(10-8-12)14(3)4/h7-10H,5-6,11H2,1-4H3. The molecule has 0 heterocycles. The molecular formula is C13H22NO3P. The van der Waals surface area contributed by atoms with E-state index >= 15 is 0 Å². The van der Waals surface area contributed by atoms with Crippen LogP contribution in [-0.4, -0.2) is 27.3 Å². The SMILES string of the molecule is CCOP(=O)(Cc1ccc(N(C)C)cc1)OCC. The van der Waals surface area contributed by atoms with Crippen molar-refractivity contribution in [3.63, 3.8) is 0 Å². The fourth-order valence-electron chi connectivity index (χ4n) is 1.65. The summed E-state index contributed by atoms with van der Waals surface area (Å²) in [6.45, 7) is 4.43. The van der Waals surface area contributed by atoms with Crippen LogP contribution in [0.1, 0.15) is 19.4 Å². The zero-order valence-corrected chi connectivity index (χ0v) is 12.4. The van der Waals surface area contributed by atoms with Crippen molar-refractivity contribution < 1.29 is 13.6 Å². The molecule has 0 aliphatic rings. The normalized spacial score (nSPS) is 11.6. The minimum absolute atomic E-state index is 0.322. The Bertz CT molecular complexity index is 393. The molecule has 0 fully saturated rings. The third-order valence-corrected chi connectivity index (χ3v) is 4.54. The van der Waals surface area contributed by atoms with Gasteiger partial charge in [-0.15, -0.1) is 0 Å². The zero-order valence-electron chi connectivity index (χ0n) is 11.5. The second-order valence-electron chi connectivity index (χ2n) is 4.17. The first kappa shape index (κ1) is 15.2. The van der Waals surface area contributed by atoms with Gasteiger partial charge in [0.1, 0.15) is 0 Å². The molecule has 1 aromatic carbocycles. The first-order chi connectivity index (χ1) is 8.50. The van der Waals surface area contributed by atoms with Crippen molar-refractivity contribution in [3.05, 3.63) is 29.8 Å². The molecule has 0 aromatic heterocycles. The van der Waals surface area contributed by atoms with Gasteiger partial charge in [0.2, 0.25) is 0 Å². The summed E-state index contributed by atoms with van der Waals surface area (Å²) in [7, 11) is 0.979. The fourth-order valence-corrected chi connectivity index (χ4v) is 3.35. The van der Waals surface area contributed by atoms with E-state index in [1.54, 1.807) is 0 Å². The van der Waals surface area contributed by atoms with Crippen LogP contribution in [0, 0.1) is 0 Å². The first-order valence-corrected chi connectivity index (χ1v) is 7.88. The summed E-state index contributed by atoms with van der Waals surface area (Å²) in [6.07, 6.45) is 0.322. The van der Waals surface area contributed by atoms with Gasteiger partial charge in [-0.2, -0.15) is 0 Å². The summed E-state index contributed by atoms with van der Waals surface area (Å²) in [4.78, 5) is 2.02. The van der Waals surface area contributed by atoms with Crippen molar-refractivity contribution >= 4 is 13.3 Å². The van der Waals surface area contributed by atoms with Crippen LogP contribution in [0.2, 0.25) is 0 Å². The quantitative estimate of drug-likeness (QED) is 0.711. The molecule has 0 N–H and O–H groups in total. The second-order valence-corrected chi connectivity index (χ2v) is 6.22. The van der Waals surface area contributed by atoms with E-state index in [0.29, 0.717) is 19.4 Å². The lowest BCUT2D eigenvalue weighted by molar-refractivity contribution is 0.219. The van der Waals surface area contributed by atoms with Gasteiger partial charge in [-0.25, -0.2) is 0 Å². The van der Waals surface area contributed by atoms with Crippen LogP contribution in [0.25, 0.3) is 0 Å². The van der Waals surface area contributed by atoms with Gasteiger partial charge in [-0.05, 0) is 31.5 Å². The highest BCUT2D eigenvalue weighted by molar-refractivity contribution is 7.53. The summed E-state index contributed by atoms with van der Waals surface area (Å²) in [5.74, 6) is 0. The van der Waals surface area contributed by atoms with Crippen LogP contribution in [0.4, 0.5) is 5.69 Å². The molecule has 102 valence electrons. The van der Waals surface area contributed by atoms with Crippen molar-refractivity contribution in [3.8, 4) is 0 Å². The molecule has 1 aromatic rings. The van der Waals surface area contributed by atoms with Gasteiger partial charge in [0.15, 0.2) is 0 Å². The zero-order chi connectivity index (χ0) is 13.6. The lowest BCUT2D eigenvalue weighted by atomic mass is 10.2. The molecule has 1 rings (SSSR count). The van der Waals surface area contributed by atoms with Gasteiger partial charge < -0.3 is 13.9 Å². The Balaban J connectivity index is 2.78. The lowest BCUT2D eigenvalue weighted by Crippen LogP contribution is -2.08. The molecule has 5 heteroatoms. The number of benzene rings is 1. The number of rotatable bonds is 7. The molecule has 0 amide bonds. The number of hydrogen-bond donors (Lipinski definition) is 0. The van der Waals surface area contributed by atoms with Gasteiger partial charge in [0.05, 0.1) is 19.4 Å². The summed E-state index contributed by atoms with van der Waals surface area (Å²) < 4.78 is 22.9. The second kappa shape index (κ2) is 6.93. The predicted octanol–water partition coefficient (Wildman–Crippen LogP) is 3.52. The van der Waals surface area contributed by atoms with E-state index in [1.807, 2.05) is 57.1 Å². The average Bonchev–Trinajstić information content (AvgIpc) is 2.30. The van der Waals surface area contributed by atoms with Crippen LogP contribution in [-0.2, 0) is 19.8 Å². The van der Waals surface area contributed by atoms with E-state index in [9.17, 15) is 4.57 Å². The van der Waals surface area contributed by atoms with E-state index in [4.69, 9.17) is 9.05 Å². The molecule has 0 saturated heterocycles. The molecule has 0 bridgehead atoms. The van der Waals surface area contributed by atoms with Crippen molar-refractivity contribution in [2.75, 3.05) is 32.2 Å². The van der Waals surface area contributed by atoms with E-state index < -0.39 is 7.60 Å². The smallest absolute Gasteiger partial charge is 0.335 e. The third-order valence-electron chi connectivity index (χ3n) is 2.48. The van der Waals surface area contributed by atoms with E-state index in [2.05, 4.69) is 0 Å². The van der Waals surface area contributed by atoms with E-state index in [1.165, 1.54) is 0 Å². The maximum atomic E-state index is 12.3. The third kappa shape index (κ3) is 4.45. The summed E-state index contributed by atoms with van der Waals surface area (Å²) in [5, 5.41) is 0.